The van der Waals surface area contributed by atoms with Crippen molar-refractivity contribution in [3.8, 4) is 0 Å². The van der Waals surface area contributed by atoms with E-state index in [2.05, 4.69) is 15.6 Å². The molecule has 0 radical (unpaired) electrons. The third-order valence-electron chi connectivity index (χ3n) is 4.44. The number of carbonyl (C=O) groups is 3. The zero-order chi connectivity index (χ0) is 21.9. The highest BCUT2D eigenvalue weighted by molar-refractivity contribution is 7.13. The van der Waals surface area contributed by atoms with Gasteiger partial charge in [0.15, 0.2) is 5.13 Å². The summed E-state index contributed by atoms with van der Waals surface area (Å²) in [5, 5.41) is 9.74. The van der Waals surface area contributed by atoms with Crippen molar-refractivity contribution in [3.63, 3.8) is 0 Å². The summed E-state index contributed by atoms with van der Waals surface area (Å²) in [6.45, 7) is 0.802. The molecule has 0 aliphatic rings. The molecule has 0 unspecified atom stereocenters. The highest BCUT2D eigenvalue weighted by Crippen LogP contribution is 2.14. The van der Waals surface area contributed by atoms with E-state index < -0.39 is 0 Å². The van der Waals surface area contributed by atoms with Crippen LogP contribution in [0.1, 0.15) is 23.3 Å². The number of thiazole rings is 1. The second-order valence-electron chi connectivity index (χ2n) is 6.80. The van der Waals surface area contributed by atoms with Crippen LogP contribution in [0.5, 0.6) is 0 Å². The largest absolute Gasteiger partial charge is 0.354 e. The Morgan fingerprint density at radius 1 is 0.935 bits per heavy atom. The summed E-state index contributed by atoms with van der Waals surface area (Å²) >= 11 is 2.85. The lowest BCUT2D eigenvalue weighted by Gasteiger charge is -2.21. The van der Waals surface area contributed by atoms with E-state index in [4.69, 9.17) is 0 Å². The van der Waals surface area contributed by atoms with E-state index in [1.54, 1.807) is 11.6 Å². The van der Waals surface area contributed by atoms with Crippen molar-refractivity contribution < 1.29 is 14.4 Å². The fraction of sp³-hybridized carbons (Fsp3) is 0.273. The minimum absolute atomic E-state index is 0.0277. The molecule has 9 heteroatoms. The molecule has 0 atom stereocenters. The molecule has 0 fully saturated rings. The second kappa shape index (κ2) is 12.0. The van der Waals surface area contributed by atoms with Crippen molar-refractivity contribution in [3.05, 3.63) is 69.9 Å². The number of carbonyl (C=O) groups excluding carboxylic acids is 3. The van der Waals surface area contributed by atoms with Crippen LogP contribution in [0.25, 0.3) is 0 Å². The number of anilines is 1. The molecule has 0 bridgehead atoms. The number of nitrogens with one attached hydrogen (secondary N) is 2. The summed E-state index contributed by atoms with van der Waals surface area (Å²) < 4.78 is 0. The van der Waals surface area contributed by atoms with Gasteiger partial charge >= 0.3 is 0 Å². The minimum Gasteiger partial charge on any atom is -0.354 e. The maximum Gasteiger partial charge on any atom is 0.239 e. The van der Waals surface area contributed by atoms with Gasteiger partial charge in [-0.25, -0.2) is 4.98 Å². The Morgan fingerprint density at radius 2 is 1.77 bits per heavy atom. The maximum absolute atomic E-state index is 12.8. The van der Waals surface area contributed by atoms with Crippen molar-refractivity contribution in [1.29, 1.82) is 0 Å². The van der Waals surface area contributed by atoms with Gasteiger partial charge in [0.2, 0.25) is 17.7 Å². The minimum atomic E-state index is -0.272. The molecule has 0 aliphatic heterocycles. The Kier molecular flexibility index (Phi) is 8.74. The normalized spacial score (nSPS) is 10.5. The first kappa shape index (κ1) is 22.6. The number of rotatable bonds is 11. The van der Waals surface area contributed by atoms with Gasteiger partial charge in [0.05, 0.1) is 13.1 Å². The molecular weight excluding hydrogens is 432 g/mol. The highest BCUT2D eigenvalue weighted by Gasteiger charge is 2.19. The van der Waals surface area contributed by atoms with Crippen LogP contribution in [0, 0.1) is 0 Å². The molecule has 2 N–H and O–H groups in total. The lowest BCUT2D eigenvalue weighted by molar-refractivity contribution is -0.137. The van der Waals surface area contributed by atoms with Gasteiger partial charge in [-0.15, -0.1) is 22.7 Å². The topological polar surface area (TPSA) is 91.4 Å². The van der Waals surface area contributed by atoms with E-state index in [9.17, 15) is 14.4 Å². The van der Waals surface area contributed by atoms with Gasteiger partial charge in [0, 0.05) is 35.8 Å². The molecule has 3 amide bonds. The number of aromatic nitrogens is 1. The van der Waals surface area contributed by atoms with Gasteiger partial charge in [-0.1, -0.05) is 36.4 Å². The third kappa shape index (κ3) is 7.95. The first-order chi connectivity index (χ1) is 15.1. The predicted octanol–water partition coefficient (Wildman–Crippen LogP) is 3.31. The molecule has 31 heavy (non-hydrogen) atoms. The Bertz CT molecular complexity index is 960. The molecule has 3 aromatic rings. The average Bonchev–Trinajstić information content (AvgIpc) is 3.47. The van der Waals surface area contributed by atoms with Gasteiger partial charge in [0.25, 0.3) is 0 Å². The van der Waals surface area contributed by atoms with Gasteiger partial charge < -0.3 is 15.5 Å². The van der Waals surface area contributed by atoms with Crippen LogP contribution < -0.4 is 10.6 Å². The maximum atomic E-state index is 12.8. The predicted molar refractivity (Wildman–Crippen MR) is 123 cm³/mol. The first-order valence-electron chi connectivity index (χ1n) is 9.90. The Balaban J connectivity index is 1.49. The van der Waals surface area contributed by atoms with Crippen molar-refractivity contribution in [1.82, 2.24) is 15.2 Å². The lowest BCUT2D eigenvalue weighted by atomic mass is 10.1. The highest BCUT2D eigenvalue weighted by atomic mass is 32.1. The van der Waals surface area contributed by atoms with Gasteiger partial charge in [-0.2, -0.15) is 0 Å². The number of thiophene rings is 1. The summed E-state index contributed by atoms with van der Waals surface area (Å²) in [7, 11) is 0. The SMILES string of the molecule is O=C(CN(Cc1cccs1)C(=O)CCC(=O)Nc1nccs1)NCCc1ccccc1. The van der Waals surface area contributed by atoms with E-state index in [1.807, 2.05) is 47.8 Å². The fourth-order valence-electron chi connectivity index (χ4n) is 2.89. The Morgan fingerprint density at radius 3 is 2.48 bits per heavy atom. The van der Waals surface area contributed by atoms with Crippen LogP contribution in [0.15, 0.2) is 59.4 Å². The van der Waals surface area contributed by atoms with Crippen LogP contribution in [0.4, 0.5) is 5.13 Å². The van der Waals surface area contributed by atoms with Crippen molar-refractivity contribution >= 4 is 45.5 Å². The summed E-state index contributed by atoms with van der Waals surface area (Å²) in [4.78, 5) is 43.7. The Labute approximate surface area is 189 Å². The molecule has 2 heterocycles. The summed E-state index contributed by atoms with van der Waals surface area (Å²) in [6.07, 6.45) is 2.39. The quantitative estimate of drug-likeness (QED) is 0.463. The Hall–Kier alpha value is -3.04. The van der Waals surface area contributed by atoms with Crippen LogP contribution in [0.3, 0.4) is 0 Å². The molecule has 0 saturated heterocycles. The molecule has 0 spiro atoms. The molecule has 3 rings (SSSR count). The lowest BCUT2D eigenvalue weighted by Crippen LogP contribution is -2.41. The zero-order valence-electron chi connectivity index (χ0n) is 17.0. The van der Waals surface area contributed by atoms with Gasteiger partial charge in [0.1, 0.15) is 0 Å². The van der Waals surface area contributed by atoms with Gasteiger partial charge in [-0.3, -0.25) is 14.4 Å². The van der Waals surface area contributed by atoms with E-state index in [1.165, 1.54) is 27.6 Å². The summed E-state index contributed by atoms with van der Waals surface area (Å²) in [6, 6.07) is 13.7. The van der Waals surface area contributed by atoms with Crippen molar-refractivity contribution in [2.45, 2.75) is 25.8 Å². The standard InChI is InChI=1S/C22H24N4O3S2/c27-19(25-22-24-12-14-31-22)8-9-21(29)26(15-18-7-4-13-30-18)16-20(28)23-11-10-17-5-2-1-3-6-17/h1-7,12-14H,8-11,15-16H2,(H,23,28)(H,24,25,27). The number of nitrogens with zero attached hydrogens (tertiary/aromatic N) is 2. The number of benzene rings is 1. The molecule has 0 aliphatic carbocycles. The van der Waals surface area contributed by atoms with E-state index in [0.717, 1.165) is 16.9 Å². The first-order valence-corrected chi connectivity index (χ1v) is 11.7. The molecule has 2 aromatic heterocycles. The van der Waals surface area contributed by atoms with E-state index >= 15 is 0 Å². The fourth-order valence-corrected chi connectivity index (χ4v) is 4.15. The molecule has 7 nitrogen and oxygen atoms in total. The molecule has 162 valence electrons. The second-order valence-corrected chi connectivity index (χ2v) is 8.73. The van der Waals surface area contributed by atoms with Crippen molar-refractivity contribution in [2.75, 3.05) is 18.4 Å². The van der Waals surface area contributed by atoms with Crippen molar-refractivity contribution in [2.24, 2.45) is 0 Å². The van der Waals surface area contributed by atoms with Crippen LogP contribution in [0.2, 0.25) is 0 Å². The number of hydrogen-bond donors (Lipinski definition) is 2. The van der Waals surface area contributed by atoms with Crippen LogP contribution in [-0.2, 0) is 27.3 Å². The van der Waals surface area contributed by atoms with Crippen LogP contribution >= 0.6 is 22.7 Å². The zero-order valence-corrected chi connectivity index (χ0v) is 18.6. The smallest absolute Gasteiger partial charge is 0.239 e. The molecular formula is C22H24N4O3S2. The monoisotopic (exact) mass is 456 g/mol. The van der Waals surface area contributed by atoms with E-state index in [0.29, 0.717) is 18.2 Å². The third-order valence-corrected chi connectivity index (χ3v) is 5.99. The number of hydrogen-bond acceptors (Lipinski definition) is 6. The number of amides is 3. The molecule has 0 saturated carbocycles. The van der Waals surface area contributed by atoms with Crippen LogP contribution in [-0.4, -0.2) is 40.7 Å². The molecule has 1 aromatic carbocycles. The summed E-state index contributed by atoms with van der Waals surface area (Å²) in [5.74, 6) is -0.722. The van der Waals surface area contributed by atoms with E-state index in [-0.39, 0.29) is 37.1 Å². The average molecular weight is 457 g/mol. The van der Waals surface area contributed by atoms with Gasteiger partial charge in [-0.05, 0) is 23.4 Å². The summed E-state index contributed by atoms with van der Waals surface area (Å²) in [5.41, 5.74) is 1.14.